The van der Waals surface area contributed by atoms with E-state index in [4.69, 9.17) is 4.98 Å². The molecule has 28 heavy (non-hydrogen) atoms. The van der Waals surface area contributed by atoms with Gasteiger partial charge in [-0.1, -0.05) is 0 Å². The number of carbonyl (C=O) groups excluding carboxylic acids is 1. The van der Waals surface area contributed by atoms with Crippen LogP contribution in [-0.2, 0) is 12.8 Å². The van der Waals surface area contributed by atoms with Gasteiger partial charge in [-0.05, 0) is 45.2 Å². The van der Waals surface area contributed by atoms with Crippen LogP contribution < -0.4 is 4.90 Å². The average Bonchev–Trinajstić information content (AvgIpc) is 3.36. The van der Waals surface area contributed by atoms with E-state index in [-0.39, 0.29) is 17.4 Å². The van der Waals surface area contributed by atoms with Gasteiger partial charge in [0.15, 0.2) is 0 Å². The molecule has 4 heterocycles. The molecule has 5 rings (SSSR count). The summed E-state index contributed by atoms with van der Waals surface area (Å²) in [6.45, 7) is 6.86. The highest BCUT2D eigenvalue weighted by molar-refractivity contribution is 5.92. The van der Waals surface area contributed by atoms with Gasteiger partial charge in [0.1, 0.15) is 23.2 Å². The summed E-state index contributed by atoms with van der Waals surface area (Å²) in [4.78, 5) is 30.6. The molecule has 0 bridgehead atoms. The molecule has 2 saturated heterocycles. The van der Waals surface area contributed by atoms with Gasteiger partial charge in [0.2, 0.25) is 0 Å². The summed E-state index contributed by atoms with van der Waals surface area (Å²) in [5.41, 5.74) is 3.14. The molecule has 0 radical (unpaired) electrons. The van der Waals surface area contributed by atoms with E-state index in [1.165, 1.54) is 23.4 Å². The molecule has 0 aromatic carbocycles. The van der Waals surface area contributed by atoms with Crippen LogP contribution >= 0.6 is 0 Å². The first kappa shape index (κ1) is 17.5. The number of aromatic nitrogens is 3. The van der Waals surface area contributed by atoms with E-state index >= 15 is 0 Å². The number of aryl methyl sites for hydroxylation is 3. The largest absolute Gasteiger partial charge is 0.356 e. The zero-order valence-corrected chi connectivity index (χ0v) is 16.3. The topological polar surface area (TPSA) is 62.2 Å². The third-order valence-corrected chi connectivity index (χ3v) is 6.34. The molecule has 0 spiro atoms. The molecule has 2 fully saturated rings. The normalized spacial score (nSPS) is 23.2. The number of carbonyl (C=O) groups is 1. The summed E-state index contributed by atoms with van der Waals surface area (Å²) < 4.78 is 13.5. The fraction of sp³-hybridized carbons (Fsp3) is 0.524. The van der Waals surface area contributed by atoms with Gasteiger partial charge < -0.3 is 9.80 Å². The molecule has 146 valence electrons. The maximum absolute atomic E-state index is 13.5. The van der Waals surface area contributed by atoms with Crippen LogP contribution in [0.15, 0.2) is 12.1 Å². The van der Waals surface area contributed by atoms with Crippen LogP contribution in [0, 0.1) is 31.5 Å². The van der Waals surface area contributed by atoms with E-state index in [1.54, 1.807) is 6.92 Å². The second-order valence-electron chi connectivity index (χ2n) is 8.27. The molecule has 1 aliphatic carbocycles. The Hall–Kier alpha value is -2.57. The molecule has 0 N–H and O–H groups in total. The van der Waals surface area contributed by atoms with E-state index in [2.05, 4.69) is 14.9 Å². The second-order valence-corrected chi connectivity index (χ2v) is 8.27. The number of pyridine rings is 1. The highest BCUT2D eigenvalue weighted by atomic mass is 19.1. The summed E-state index contributed by atoms with van der Waals surface area (Å²) >= 11 is 0. The molecule has 2 aromatic rings. The van der Waals surface area contributed by atoms with Gasteiger partial charge in [-0.3, -0.25) is 4.79 Å². The number of anilines is 1. The minimum Gasteiger partial charge on any atom is -0.356 e. The molecule has 7 heteroatoms. The lowest BCUT2D eigenvalue weighted by Crippen LogP contribution is -2.34. The number of likely N-dealkylation sites (tertiary alicyclic amines) is 1. The van der Waals surface area contributed by atoms with Crippen molar-refractivity contribution in [2.75, 3.05) is 31.1 Å². The number of amides is 1. The van der Waals surface area contributed by atoms with Gasteiger partial charge in [0.25, 0.3) is 5.91 Å². The molecule has 2 aromatic heterocycles. The summed E-state index contributed by atoms with van der Waals surface area (Å²) in [6, 6.07) is 2.81. The predicted octanol–water partition coefficient (Wildman–Crippen LogP) is 2.32. The second kappa shape index (κ2) is 6.50. The molecular weight excluding hydrogens is 357 g/mol. The van der Waals surface area contributed by atoms with Crippen molar-refractivity contribution in [3.05, 3.63) is 46.4 Å². The van der Waals surface area contributed by atoms with Crippen LogP contribution in [0.2, 0.25) is 0 Å². The first-order chi connectivity index (χ1) is 13.5. The Balaban J connectivity index is 1.31. The van der Waals surface area contributed by atoms with Crippen molar-refractivity contribution in [3.63, 3.8) is 0 Å². The Labute approximate surface area is 163 Å². The summed E-state index contributed by atoms with van der Waals surface area (Å²) in [7, 11) is 0. The van der Waals surface area contributed by atoms with Crippen LogP contribution in [0.5, 0.6) is 0 Å². The van der Waals surface area contributed by atoms with E-state index < -0.39 is 0 Å². The molecule has 2 unspecified atom stereocenters. The quantitative estimate of drug-likeness (QED) is 0.799. The van der Waals surface area contributed by atoms with Crippen molar-refractivity contribution in [1.29, 1.82) is 0 Å². The highest BCUT2D eigenvalue weighted by Gasteiger charge is 2.43. The number of rotatable bonds is 2. The number of hydrogen-bond donors (Lipinski definition) is 0. The lowest BCUT2D eigenvalue weighted by molar-refractivity contribution is 0.0776. The number of nitrogens with zero attached hydrogens (tertiary/aromatic N) is 5. The fourth-order valence-electron chi connectivity index (χ4n) is 4.95. The first-order valence-electron chi connectivity index (χ1n) is 10.0. The minimum absolute atomic E-state index is 0.0946. The average molecular weight is 381 g/mol. The SMILES string of the molecule is Cc1nc2c(c(N3CC4CN(C(=O)c5ccc(F)c(C)n5)CC4C3)n1)CCC2. The first-order valence-corrected chi connectivity index (χ1v) is 10.0. The van der Waals surface area contributed by atoms with Crippen LogP contribution in [0.3, 0.4) is 0 Å². The van der Waals surface area contributed by atoms with E-state index in [1.807, 2.05) is 11.8 Å². The molecule has 1 amide bonds. The van der Waals surface area contributed by atoms with Crippen LogP contribution in [-0.4, -0.2) is 51.9 Å². The van der Waals surface area contributed by atoms with E-state index in [9.17, 15) is 9.18 Å². The monoisotopic (exact) mass is 381 g/mol. The zero-order chi connectivity index (χ0) is 19.4. The Morgan fingerprint density at radius 3 is 2.50 bits per heavy atom. The van der Waals surface area contributed by atoms with E-state index in [0.29, 0.717) is 17.5 Å². The Morgan fingerprint density at radius 1 is 1.04 bits per heavy atom. The van der Waals surface area contributed by atoms with Crippen LogP contribution in [0.25, 0.3) is 0 Å². The van der Waals surface area contributed by atoms with Crippen molar-refractivity contribution < 1.29 is 9.18 Å². The fourth-order valence-corrected chi connectivity index (χ4v) is 4.95. The Bertz CT molecular complexity index is 948. The maximum atomic E-state index is 13.5. The summed E-state index contributed by atoms with van der Waals surface area (Å²) in [6.07, 6.45) is 3.28. The van der Waals surface area contributed by atoms with Crippen molar-refractivity contribution in [1.82, 2.24) is 19.9 Å². The van der Waals surface area contributed by atoms with Gasteiger partial charge in [-0.25, -0.2) is 19.3 Å². The minimum atomic E-state index is -0.377. The third-order valence-electron chi connectivity index (χ3n) is 6.34. The van der Waals surface area contributed by atoms with Crippen LogP contribution in [0.1, 0.15) is 39.7 Å². The zero-order valence-electron chi connectivity index (χ0n) is 16.3. The number of fused-ring (bicyclic) bond motifs is 2. The summed E-state index contributed by atoms with van der Waals surface area (Å²) in [5, 5.41) is 0. The molecular formula is C21H24FN5O. The smallest absolute Gasteiger partial charge is 0.272 e. The van der Waals surface area contributed by atoms with Crippen LogP contribution in [0.4, 0.5) is 10.2 Å². The van der Waals surface area contributed by atoms with Gasteiger partial charge in [-0.2, -0.15) is 0 Å². The third kappa shape index (κ3) is 2.84. The number of halogens is 1. The summed E-state index contributed by atoms with van der Waals surface area (Å²) in [5.74, 6) is 2.38. The van der Waals surface area contributed by atoms with Crippen molar-refractivity contribution >= 4 is 11.7 Å². The molecule has 2 aliphatic heterocycles. The number of hydrogen-bond acceptors (Lipinski definition) is 5. The molecule has 0 saturated carbocycles. The Kier molecular flexibility index (Phi) is 4.07. The molecule has 6 nitrogen and oxygen atoms in total. The molecule has 3 aliphatic rings. The maximum Gasteiger partial charge on any atom is 0.272 e. The lowest BCUT2D eigenvalue weighted by Gasteiger charge is -2.24. The van der Waals surface area contributed by atoms with Gasteiger partial charge in [0, 0.05) is 49.3 Å². The van der Waals surface area contributed by atoms with Crippen molar-refractivity contribution in [3.8, 4) is 0 Å². The standard InChI is InChI=1S/C21H24FN5O/c1-12-17(22)6-7-19(23-12)21(28)27-10-14-8-26(9-15(14)11-27)20-16-4-3-5-18(16)24-13(2)25-20/h6-7,14-15H,3-5,8-11H2,1-2H3. The van der Waals surface area contributed by atoms with E-state index in [0.717, 1.165) is 57.1 Å². The Morgan fingerprint density at radius 2 is 1.79 bits per heavy atom. The predicted molar refractivity (Wildman–Crippen MR) is 103 cm³/mol. The highest BCUT2D eigenvalue weighted by Crippen LogP contribution is 2.37. The molecule has 2 atom stereocenters. The lowest BCUT2D eigenvalue weighted by atomic mass is 10.0. The van der Waals surface area contributed by atoms with Gasteiger partial charge in [0.05, 0.1) is 5.69 Å². The van der Waals surface area contributed by atoms with Gasteiger partial charge >= 0.3 is 0 Å². The van der Waals surface area contributed by atoms with Crippen molar-refractivity contribution in [2.24, 2.45) is 11.8 Å². The van der Waals surface area contributed by atoms with Gasteiger partial charge in [-0.15, -0.1) is 0 Å². The van der Waals surface area contributed by atoms with Crippen molar-refractivity contribution in [2.45, 2.75) is 33.1 Å².